The van der Waals surface area contributed by atoms with E-state index in [4.69, 9.17) is 4.74 Å². The SMILES string of the molecule is O=C(OCC(O)Cc1ccccc1)C(O)Cc1ccccc1. The smallest absolute Gasteiger partial charge is 0.335 e. The summed E-state index contributed by atoms with van der Waals surface area (Å²) in [7, 11) is 0. The van der Waals surface area contributed by atoms with E-state index >= 15 is 0 Å². The summed E-state index contributed by atoms with van der Waals surface area (Å²) in [5.41, 5.74) is 1.83. The first-order chi connectivity index (χ1) is 10.6. The molecule has 0 aliphatic rings. The third-order valence-corrected chi connectivity index (χ3v) is 3.28. The average Bonchev–Trinajstić information content (AvgIpc) is 2.54. The van der Waals surface area contributed by atoms with Crippen LogP contribution in [0.25, 0.3) is 0 Å². The summed E-state index contributed by atoms with van der Waals surface area (Å²) in [6.45, 7) is -0.125. The molecule has 0 aliphatic carbocycles. The van der Waals surface area contributed by atoms with E-state index in [9.17, 15) is 15.0 Å². The van der Waals surface area contributed by atoms with Crippen LogP contribution in [0.2, 0.25) is 0 Å². The molecular weight excluding hydrogens is 280 g/mol. The Hall–Kier alpha value is -2.17. The van der Waals surface area contributed by atoms with Crippen LogP contribution in [0.5, 0.6) is 0 Å². The number of carbonyl (C=O) groups excluding carboxylic acids is 1. The zero-order valence-corrected chi connectivity index (χ0v) is 12.3. The van der Waals surface area contributed by atoms with Gasteiger partial charge in [0.1, 0.15) is 6.61 Å². The molecule has 22 heavy (non-hydrogen) atoms. The topological polar surface area (TPSA) is 66.8 Å². The van der Waals surface area contributed by atoms with E-state index in [0.717, 1.165) is 11.1 Å². The van der Waals surface area contributed by atoms with Crippen molar-refractivity contribution in [1.82, 2.24) is 0 Å². The molecule has 0 radical (unpaired) electrons. The van der Waals surface area contributed by atoms with Gasteiger partial charge in [-0.05, 0) is 11.1 Å². The molecule has 2 rings (SSSR count). The second-order valence-corrected chi connectivity index (χ2v) is 5.18. The maximum atomic E-state index is 11.7. The molecule has 0 spiro atoms. The number of aliphatic hydroxyl groups excluding tert-OH is 2. The number of hydrogen-bond acceptors (Lipinski definition) is 4. The highest BCUT2D eigenvalue weighted by molar-refractivity contribution is 5.74. The van der Waals surface area contributed by atoms with Gasteiger partial charge in [-0.15, -0.1) is 0 Å². The fourth-order valence-corrected chi connectivity index (χ4v) is 2.14. The summed E-state index contributed by atoms with van der Waals surface area (Å²) in [6.07, 6.45) is -1.39. The van der Waals surface area contributed by atoms with Crippen LogP contribution in [0.1, 0.15) is 11.1 Å². The van der Waals surface area contributed by atoms with Gasteiger partial charge in [0.2, 0.25) is 0 Å². The number of carbonyl (C=O) groups is 1. The molecule has 4 heteroatoms. The highest BCUT2D eigenvalue weighted by Gasteiger charge is 2.18. The number of benzene rings is 2. The molecule has 0 amide bonds. The highest BCUT2D eigenvalue weighted by atomic mass is 16.6. The first-order valence-electron chi connectivity index (χ1n) is 7.26. The maximum Gasteiger partial charge on any atom is 0.335 e. The lowest BCUT2D eigenvalue weighted by Crippen LogP contribution is -2.29. The summed E-state index contributed by atoms with van der Waals surface area (Å²) in [6, 6.07) is 18.7. The first kappa shape index (κ1) is 16.2. The Kier molecular flexibility index (Phi) is 6.13. The predicted molar refractivity (Wildman–Crippen MR) is 83.3 cm³/mol. The molecule has 2 N–H and O–H groups in total. The van der Waals surface area contributed by atoms with Crippen LogP contribution < -0.4 is 0 Å². The third-order valence-electron chi connectivity index (χ3n) is 3.28. The van der Waals surface area contributed by atoms with Crippen molar-refractivity contribution >= 4 is 5.97 Å². The fraction of sp³-hybridized carbons (Fsp3) is 0.278. The average molecular weight is 300 g/mol. The Balaban J connectivity index is 1.74. The van der Waals surface area contributed by atoms with Gasteiger partial charge in [0.05, 0.1) is 6.10 Å². The largest absolute Gasteiger partial charge is 0.461 e. The fourth-order valence-electron chi connectivity index (χ4n) is 2.14. The lowest BCUT2D eigenvalue weighted by molar-refractivity contribution is -0.156. The van der Waals surface area contributed by atoms with E-state index in [1.807, 2.05) is 60.7 Å². The summed E-state index contributed by atoms with van der Waals surface area (Å²) in [5.74, 6) is -0.712. The predicted octanol–water partition coefficient (Wildman–Crippen LogP) is 1.74. The van der Waals surface area contributed by atoms with Gasteiger partial charge in [-0.1, -0.05) is 60.7 Å². The minimum atomic E-state index is -1.22. The molecule has 0 aromatic heterocycles. The van der Waals surface area contributed by atoms with Gasteiger partial charge in [0.15, 0.2) is 6.10 Å². The van der Waals surface area contributed by atoms with Gasteiger partial charge >= 0.3 is 5.97 Å². The lowest BCUT2D eigenvalue weighted by Gasteiger charge is -2.14. The van der Waals surface area contributed by atoms with Crippen molar-refractivity contribution in [2.45, 2.75) is 25.0 Å². The van der Waals surface area contributed by atoms with Crippen LogP contribution in [0.3, 0.4) is 0 Å². The van der Waals surface area contributed by atoms with Crippen molar-refractivity contribution in [3.8, 4) is 0 Å². The van der Waals surface area contributed by atoms with Gasteiger partial charge in [-0.25, -0.2) is 4.79 Å². The number of aliphatic hydroxyl groups is 2. The van der Waals surface area contributed by atoms with Crippen LogP contribution in [0.15, 0.2) is 60.7 Å². The first-order valence-corrected chi connectivity index (χ1v) is 7.26. The molecule has 4 nitrogen and oxygen atoms in total. The number of ether oxygens (including phenoxy) is 1. The molecule has 2 unspecified atom stereocenters. The van der Waals surface area contributed by atoms with E-state index in [1.54, 1.807) is 0 Å². The second-order valence-electron chi connectivity index (χ2n) is 5.18. The minimum absolute atomic E-state index is 0.125. The van der Waals surface area contributed by atoms with Crippen molar-refractivity contribution in [3.63, 3.8) is 0 Å². The third kappa shape index (κ3) is 5.31. The van der Waals surface area contributed by atoms with Crippen LogP contribution in [0, 0.1) is 0 Å². The second kappa shape index (κ2) is 8.32. The number of esters is 1. The van der Waals surface area contributed by atoms with E-state index < -0.39 is 18.2 Å². The monoisotopic (exact) mass is 300 g/mol. The maximum absolute atomic E-state index is 11.7. The standard InChI is InChI=1S/C18H20O4/c19-16(11-14-7-3-1-4-8-14)13-22-18(21)17(20)12-15-9-5-2-6-10-15/h1-10,16-17,19-20H,11-13H2. The van der Waals surface area contributed by atoms with Crippen LogP contribution in [0.4, 0.5) is 0 Å². The molecule has 2 aromatic carbocycles. The van der Waals surface area contributed by atoms with Crippen LogP contribution in [-0.4, -0.2) is 35.0 Å². The van der Waals surface area contributed by atoms with Crippen LogP contribution in [-0.2, 0) is 22.4 Å². The molecule has 0 saturated carbocycles. The molecule has 0 saturated heterocycles. The van der Waals surface area contributed by atoms with Gasteiger partial charge in [-0.3, -0.25) is 0 Å². The van der Waals surface area contributed by atoms with E-state index in [-0.39, 0.29) is 13.0 Å². The zero-order valence-electron chi connectivity index (χ0n) is 12.3. The van der Waals surface area contributed by atoms with E-state index in [1.165, 1.54) is 0 Å². The molecule has 0 heterocycles. The summed E-state index contributed by atoms with van der Waals surface area (Å²) < 4.78 is 4.97. The van der Waals surface area contributed by atoms with Gasteiger partial charge in [0.25, 0.3) is 0 Å². The molecule has 0 fully saturated rings. The Labute approximate surface area is 130 Å². The molecule has 2 aromatic rings. The van der Waals surface area contributed by atoms with Gasteiger partial charge < -0.3 is 14.9 Å². The van der Waals surface area contributed by atoms with Crippen molar-refractivity contribution in [3.05, 3.63) is 71.8 Å². The molecule has 2 atom stereocenters. The Morgan fingerprint density at radius 1 is 0.864 bits per heavy atom. The van der Waals surface area contributed by atoms with Gasteiger partial charge in [0, 0.05) is 12.8 Å². The Morgan fingerprint density at radius 2 is 1.36 bits per heavy atom. The van der Waals surface area contributed by atoms with Crippen LogP contribution >= 0.6 is 0 Å². The molecule has 0 aliphatic heterocycles. The molecular formula is C18H20O4. The van der Waals surface area contributed by atoms with Gasteiger partial charge in [-0.2, -0.15) is 0 Å². The van der Waals surface area contributed by atoms with Crippen molar-refractivity contribution in [2.75, 3.05) is 6.61 Å². The Bertz CT molecular complexity index is 568. The normalized spacial score (nSPS) is 13.4. The van der Waals surface area contributed by atoms with Crippen molar-refractivity contribution < 1.29 is 19.7 Å². The summed E-state index contributed by atoms with van der Waals surface area (Å²) >= 11 is 0. The molecule has 0 bridgehead atoms. The van der Waals surface area contributed by atoms with E-state index in [2.05, 4.69) is 0 Å². The van der Waals surface area contributed by atoms with Crippen molar-refractivity contribution in [2.24, 2.45) is 0 Å². The number of rotatable bonds is 7. The Morgan fingerprint density at radius 3 is 1.91 bits per heavy atom. The van der Waals surface area contributed by atoms with E-state index in [0.29, 0.717) is 6.42 Å². The zero-order chi connectivity index (χ0) is 15.8. The lowest BCUT2D eigenvalue weighted by atomic mass is 10.1. The number of hydrogen-bond donors (Lipinski definition) is 2. The van der Waals surface area contributed by atoms with Crippen molar-refractivity contribution in [1.29, 1.82) is 0 Å². The molecule has 116 valence electrons. The summed E-state index contributed by atoms with van der Waals surface area (Å²) in [4.78, 5) is 11.7. The summed E-state index contributed by atoms with van der Waals surface area (Å²) in [5, 5.41) is 19.7. The minimum Gasteiger partial charge on any atom is -0.461 e. The quantitative estimate of drug-likeness (QED) is 0.764. The highest BCUT2D eigenvalue weighted by Crippen LogP contribution is 2.06.